The lowest BCUT2D eigenvalue weighted by Gasteiger charge is -2.26. The van der Waals surface area contributed by atoms with Crippen LogP contribution in [0.5, 0.6) is 5.88 Å². The first-order valence-electron chi connectivity index (χ1n) is 9.25. The van der Waals surface area contributed by atoms with Crippen LogP contribution in [-0.2, 0) is 6.54 Å². The SMILES string of the molecule is Nc1n[nH]cc1C(=O)NC/C=C\COc1cc(CN2CCCCC2)ccn1. The number of aromatic nitrogens is 3. The molecule has 3 rings (SSSR count). The predicted molar refractivity (Wildman–Crippen MR) is 103 cm³/mol. The van der Waals surface area contributed by atoms with Gasteiger partial charge in [-0.15, -0.1) is 0 Å². The van der Waals surface area contributed by atoms with Crippen LogP contribution in [0.25, 0.3) is 0 Å². The molecule has 8 heteroatoms. The molecule has 0 radical (unpaired) electrons. The molecule has 1 saturated heterocycles. The molecule has 1 aliphatic heterocycles. The molecule has 0 aromatic carbocycles. The van der Waals surface area contributed by atoms with Crippen molar-refractivity contribution in [3.8, 4) is 5.88 Å². The molecule has 0 atom stereocenters. The first-order valence-corrected chi connectivity index (χ1v) is 9.25. The van der Waals surface area contributed by atoms with Crippen LogP contribution in [0.3, 0.4) is 0 Å². The number of piperidine rings is 1. The van der Waals surface area contributed by atoms with E-state index < -0.39 is 0 Å². The standard InChI is InChI=1S/C19H26N6O2/c20-18-16(13-23-24-18)19(26)22-7-2-5-11-27-17-12-15(6-8-21-17)14-25-9-3-1-4-10-25/h2,5-6,8,12-13H,1,3-4,7,9-11,14H2,(H,22,26)(H3,20,23,24)/b5-2-. The van der Waals surface area contributed by atoms with Gasteiger partial charge in [-0.3, -0.25) is 14.8 Å². The van der Waals surface area contributed by atoms with E-state index in [1.54, 1.807) is 6.20 Å². The summed E-state index contributed by atoms with van der Waals surface area (Å²) in [7, 11) is 0. The summed E-state index contributed by atoms with van der Waals surface area (Å²) in [5.41, 5.74) is 7.14. The molecule has 0 saturated carbocycles. The van der Waals surface area contributed by atoms with E-state index >= 15 is 0 Å². The molecule has 3 heterocycles. The number of carbonyl (C=O) groups excluding carboxylic acids is 1. The number of nitrogen functional groups attached to an aromatic ring is 1. The van der Waals surface area contributed by atoms with Crippen LogP contribution in [0, 0.1) is 0 Å². The smallest absolute Gasteiger partial charge is 0.256 e. The number of aromatic amines is 1. The zero-order valence-electron chi connectivity index (χ0n) is 15.4. The van der Waals surface area contributed by atoms with Crippen LogP contribution in [0.15, 0.2) is 36.7 Å². The fourth-order valence-electron chi connectivity index (χ4n) is 3.02. The zero-order valence-corrected chi connectivity index (χ0v) is 15.4. The van der Waals surface area contributed by atoms with Crippen LogP contribution in [-0.4, -0.2) is 52.2 Å². The third-order valence-electron chi connectivity index (χ3n) is 4.44. The lowest BCUT2D eigenvalue weighted by molar-refractivity contribution is 0.0959. The molecule has 1 fully saturated rings. The maximum absolute atomic E-state index is 11.9. The van der Waals surface area contributed by atoms with Crippen LogP contribution in [0.1, 0.15) is 35.2 Å². The Balaban J connectivity index is 1.38. The highest BCUT2D eigenvalue weighted by atomic mass is 16.5. The second kappa shape index (κ2) is 9.72. The van der Waals surface area contributed by atoms with Crippen LogP contribution in [0.2, 0.25) is 0 Å². The summed E-state index contributed by atoms with van der Waals surface area (Å²) in [6.45, 7) is 4.05. The van der Waals surface area contributed by atoms with E-state index in [-0.39, 0.29) is 11.7 Å². The predicted octanol–water partition coefficient (Wildman–Crippen LogP) is 1.74. The fraction of sp³-hybridized carbons (Fsp3) is 0.421. The molecule has 4 N–H and O–H groups in total. The molecular formula is C19H26N6O2. The van der Waals surface area contributed by atoms with Crippen LogP contribution >= 0.6 is 0 Å². The van der Waals surface area contributed by atoms with E-state index in [4.69, 9.17) is 10.5 Å². The van der Waals surface area contributed by atoms with Gasteiger partial charge in [0.25, 0.3) is 5.91 Å². The highest BCUT2D eigenvalue weighted by Crippen LogP contribution is 2.15. The van der Waals surface area contributed by atoms with Crippen molar-refractivity contribution < 1.29 is 9.53 Å². The van der Waals surface area contributed by atoms with E-state index in [0.717, 1.165) is 19.6 Å². The van der Waals surface area contributed by atoms with Gasteiger partial charge in [0, 0.05) is 31.5 Å². The number of pyridine rings is 1. The van der Waals surface area contributed by atoms with Crippen molar-refractivity contribution in [2.45, 2.75) is 25.8 Å². The molecule has 0 unspecified atom stereocenters. The number of hydrogen-bond donors (Lipinski definition) is 3. The molecular weight excluding hydrogens is 344 g/mol. The maximum atomic E-state index is 11.9. The highest BCUT2D eigenvalue weighted by molar-refractivity contribution is 5.98. The number of amides is 1. The molecule has 8 nitrogen and oxygen atoms in total. The zero-order chi connectivity index (χ0) is 18.9. The lowest BCUT2D eigenvalue weighted by Crippen LogP contribution is -2.29. The minimum Gasteiger partial charge on any atom is -0.473 e. The average Bonchev–Trinajstić information content (AvgIpc) is 3.11. The number of rotatable bonds is 8. The molecule has 144 valence electrons. The van der Waals surface area contributed by atoms with Gasteiger partial charge in [-0.1, -0.05) is 12.5 Å². The van der Waals surface area contributed by atoms with Gasteiger partial charge in [-0.2, -0.15) is 5.10 Å². The maximum Gasteiger partial charge on any atom is 0.256 e. The van der Waals surface area contributed by atoms with Gasteiger partial charge in [0.1, 0.15) is 12.2 Å². The Kier molecular flexibility index (Phi) is 6.81. The van der Waals surface area contributed by atoms with Gasteiger partial charge >= 0.3 is 0 Å². The minimum atomic E-state index is -0.265. The van der Waals surface area contributed by atoms with Crippen molar-refractivity contribution >= 4 is 11.7 Å². The minimum absolute atomic E-state index is 0.190. The Hall–Kier alpha value is -2.87. The monoisotopic (exact) mass is 370 g/mol. The Morgan fingerprint density at radius 1 is 1.33 bits per heavy atom. The van der Waals surface area contributed by atoms with Crippen molar-refractivity contribution in [1.29, 1.82) is 0 Å². The number of H-pyrrole nitrogens is 1. The van der Waals surface area contributed by atoms with Gasteiger partial charge in [-0.05, 0) is 43.6 Å². The van der Waals surface area contributed by atoms with E-state index in [0.29, 0.717) is 24.6 Å². The van der Waals surface area contributed by atoms with E-state index in [1.165, 1.54) is 31.0 Å². The van der Waals surface area contributed by atoms with Gasteiger partial charge < -0.3 is 15.8 Å². The number of nitrogens with two attached hydrogens (primary N) is 1. The summed E-state index contributed by atoms with van der Waals surface area (Å²) in [4.78, 5) is 18.6. The fourth-order valence-corrected chi connectivity index (χ4v) is 3.02. The first kappa shape index (κ1) is 18.9. The molecule has 2 aromatic rings. The van der Waals surface area contributed by atoms with Crippen molar-refractivity contribution in [2.75, 3.05) is 32.0 Å². The van der Waals surface area contributed by atoms with Crippen molar-refractivity contribution in [1.82, 2.24) is 25.4 Å². The Labute approximate surface area is 158 Å². The molecule has 0 bridgehead atoms. The second-order valence-electron chi connectivity index (χ2n) is 6.52. The lowest BCUT2D eigenvalue weighted by atomic mass is 10.1. The number of nitrogens with one attached hydrogen (secondary N) is 2. The van der Waals surface area contributed by atoms with Gasteiger partial charge in [0.05, 0.1) is 0 Å². The third-order valence-corrected chi connectivity index (χ3v) is 4.44. The molecule has 2 aromatic heterocycles. The summed E-state index contributed by atoms with van der Waals surface area (Å²) < 4.78 is 5.67. The Morgan fingerprint density at radius 2 is 2.19 bits per heavy atom. The third kappa shape index (κ3) is 5.82. The van der Waals surface area contributed by atoms with Crippen LogP contribution in [0.4, 0.5) is 5.82 Å². The van der Waals surface area contributed by atoms with E-state index in [1.807, 2.05) is 24.3 Å². The normalized spacial score (nSPS) is 15.1. The quantitative estimate of drug-likeness (QED) is 0.611. The number of ether oxygens (including phenoxy) is 1. The first-order chi connectivity index (χ1) is 13.2. The largest absolute Gasteiger partial charge is 0.473 e. The molecule has 27 heavy (non-hydrogen) atoms. The highest BCUT2D eigenvalue weighted by Gasteiger charge is 2.11. The van der Waals surface area contributed by atoms with Gasteiger partial charge in [0.15, 0.2) is 5.82 Å². The summed E-state index contributed by atoms with van der Waals surface area (Å²) in [6.07, 6.45) is 10.8. The number of hydrogen-bond acceptors (Lipinski definition) is 6. The average molecular weight is 370 g/mol. The summed E-state index contributed by atoms with van der Waals surface area (Å²) in [5.74, 6) is 0.540. The van der Waals surface area contributed by atoms with E-state index in [9.17, 15) is 4.79 Å². The number of nitrogens with zero attached hydrogens (tertiary/aromatic N) is 3. The Morgan fingerprint density at radius 3 is 2.96 bits per heavy atom. The Bertz CT molecular complexity index is 767. The summed E-state index contributed by atoms with van der Waals surface area (Å²) in [5, 5.41) is 9.01. The van der Waals surface area contributed by atoms with Crippen LogP contribution < -0.4 is 15.8 Å². The number of likely N-dealkylation sites (tertiary alicyclic amines) is 1. The van der Waals surface area contributed by atoms with Gasteiger partial charge in [-0.25, -0.2) is 4.98 Å². The molecule has 1 amide bonds. The number of carbonyl (C=O) groups is 1. The van der Waals surface area contributed by atoms with E-state index in [2.05, 4.69) is 25.4 Å². The topological polar surface area (TPSA) is 109 Å². The number of anilines is 1. The second-order valence-corrected chi connectivity index (χ2v) is 6.52. The molecule has 1 aliphatic rings. The van der Waals surface area contributed by atoms with Crippen molar-refractivity contribution in [2.24, 2.45) is 0 Å². The molecule has 0 spiro atoms. The van der Waals surface area contributed by atoms with Gasteiger partial charge in [0.2, 0.25) is 5.88 Å². The van der Waals surface area contributed by atoms with Crippen molar-refractivity contribution in [3.63, 3.8) is 0 Å². The van der Waals surface area contributed by atoms with Crippen molar-refractivity contribution in [3.05, 3.63) is 47.8 Å². The summed E-state index contributed by atoms with van der Waals surface area (Å²) in [6, 6.07) is 4.03. The molecule has 0 aliphatic carbocycles. The summed E-state index contributed by atoms with van der Waals surface area (Å²) >= 11 is 0.